The number of benzene rings is 3. The Balaban J connectivity index is 1.84. The van der Waals surface area contributed by atoms with E-state index in [0.29, 0.717) is 15.9 Å². The summed E-state index contributed by atoms with van der Waals surface area (Å²) in [7, 11) is -3.97. The maximum absolute atomic E-state index is 13.5. The molecule has 3 aromatic carbocycles. The standard InChI is InChI=1S/C23H19ClN2O3S/c1-15(16-8-4-2-5-9-16)25-23(27)21-22(19-14-17(24)12-13-20(19)26-21)30(28,29)18-10-6-3-7-11-18/h2-15,26H,1H3,(H,25,27)/t15-/m1/s1. The van der Waals surface area contributed by atoms with E-state index in [2.05, 4.69) is 10.3 Å². The van der Waals surface area contributed by atoms with Crippen LogP contribution in [-0.2, 0) is 9.84 Å². The van der Waals surface area contributed by atoms with Crippen molar-refractivity contribution in [3.63, 3.8) is 0 Å². The minimum Gasteiger partial charge on any atom is -0.349 e. The summed E-state index contributed by atoms with van der Waals surface area (Å²) in [5, 5.41) is 3.65. The number of fused-ring (bicyclic) bond motifs is 1. The molecule has 0 aliphatic rings. The van der Waals surface area contributed by atoms with Crippen LogP contribution in [0.15, 0.2) is 88.7 Å². The lowest BCUT2D eigenvalue weighted by Crippen LogP contribution is -2.28. The summed E-state index contributed by atoms with van der Waals surface area (Å²) in [5.74, 6) is -0.506. The highest BCUT2D eigenvalue weighted by Gasteiger charge is 2.30. The van der Waals surface area contributed by atoms with Crippen molar-refractivity contribution in [2.45, 2.75) is 22.8 Å². The van der Waals surface area contributed by atoms with Crippen LogP contribution in [0.3, 0.4) is 0 Å². The fraction of sp³-hybridized carbons (Fsp3) is 0.0870. The van der Waals surface area contributed by atoms with Crippen molar-refractivity contribution in [3.8, 4) is 0 Å². The van der Waals surface area contributed by atoms with Gasteiger partial charge in [-0.05, 0) is 42.8 Å². The number of carbonyl (C=O) groups excluding carboxylic acids is 1. The van der Waals surface area contributed by atoms with Gasteiger partial charge < -0.3 is 10.3 Å². The second kappa shape index (κ2) is 7.97. The second-order valence-corrected chi connectivity index (χ2v) is 9.26. The predicted octanol–water partition coefficient (Wildman–Crippen LogP) is 5.15. The van der Waals surface area contributed by atoms with Crippen LogP contribution < -0.4 is 5.32 Å². The number of sulfone groups is 1. The van der Waals surface area contributed by atoms with Gasteiger partial charge in [-0.3, -0.25) is 4.79 Å². The van der Waals surface area contributed by atoms with Crippen LogP contribution in [0, 0.1) is 0 Å². The van der Waals surface area contributed by atoms with Crippen molar-refractivity contribution in [2.24, 2.45) is 0 Å². The lowest BCUT2D eigenvalue weighted by Gasteiger charge is -2.14. The van der Waals surface area contributed by atoms with E-state index in [9.17, 15) is 13.2 Å². The molecule has 30 heavy (non-hydrogen) atoms. The van der Waals surface area contributed by atoms with Crippen molar-refractivity contribution in [2.75, 3.05) is 0 Å². The van der Waals surface area contributed by atoms with Gasteiger partial charge in [-0.1, -0.05) is 60.1 Å². The Hall–Kier alpha value is -3.09. The molecule has 1 atom stereocenters. The normalized spacial score (nSPS) is 12.6. The summed E-state index contributed by atoms with van der Waals surface area (Å²) in [5.41, 5.74) is 1.42. The van der Waals surface area contributed by atoms with Crippen molar-refractivity contribution >= 4 is 38.2 Å². The minimum absolute atomic E-state index is 0.0149. The SMILES string of the molecule is C[C@@H](NC(=O)c1[nH]c2ccc(Cl)cc2c1S(=O)(=O)c1ccccc1)c1ccccc1. The van der Waals surface area contributed by atoms with Gasteiger partial charge in [0.25, 0.3) is 5.91 Å². The van der Waals surface area contributed by atoms with E-state index < -0.39 is 15.7 Å². The van der Waals surface area contributed by atoms with Gasteiger partial charge >= 0.3 is 0 Å². The van der Waals surface area contributed by atoms with Gasteiger partial charge in [0.1, 0.15) is 10.6 Å². The molecule has 0 saturated heterocycles. The Morgan fingerprint density at radius 2 is 1.60 bits per heavy atom. The summed E-state index contributed by atoms with van der Waals surface area (Å²) < 4.78 is 26.9. The van der Waals surface area contributed by atoms with Crippen LogP contribution in [0.2, 0.25) is 5.02 Å². The molecule has 0 fully saturated rings. The van der Waals surface area contributed by atoms with Gasteiger partial charge in [-0.2, -0.15) is 0 Å². The first-order valence-corrected chi connectivity index (χ1v) is 11.2. The van der Waals surface area contributed by atoms with Crippen molar-refractivity contribution in [3.05, 3.63) is 95.1 Å². The Bertz CT molecular complexity index is 1320. The average Bonchev–Trinajstić information content (AvgIpc) is 3.14. The highest BCUT2D eigenvalue weighted by molar-refractivity contribution is 7.91. The molecule has 2 N–H and O–H groups in total. The molecule has 152 valence electrons. The van der Waals surface area contributed by atoms with Crippen LogP contribution >= 0.6 is 11.6 Å². The van der Waals surface area contributed by atoms with E-state index in [1.54, 1.807) is 36.4 Å². The van der Waals surface area contributed by atoms with Gasteiger partial charge in [0.05, 0.1) is 10.9 Å². The number of nitrogens with one attached hydrogen (secondary N) is 2. The third-order valence-electron chi connectivity index (χ3n) is 4.91. The van der Waals surface area contributed by atoms with Gasteiger partial charge in [-0.15, -0.1) is 0 Å². The summed E-state index contributed by atoms with van der Waals surface area (Å²) >= 11 is 6.13. The topological polar surface area (TPSA) is 79.0 Å². The Morgan fingerprint density at radius 1 is 0.967 bits per heavy atom. The molecule has 7 heteroatoms. The number of carbonyl (C=O) groups is 1. The number of rotatable bonds is 5. The molecule has 0 aliphatic carbocycles. The molecule has 0 aliphatic heterocycles. The number of hydrogen-bond acceptors (Lipinski definition) is 3. The first kappa shape index (κ1) is 20.2. The number of aromatic amines is 1. The van der Waals surface area contributed by atoms with E-state index in [0.717, 1.165) is 5.56 Å². The summed E-state index contributed by atoms with van der Waals surface area (Å²) in [6.07, 6.45) is 0. The molecule has 1 amide bonds. The summed E-state index contributed by atoms with van der Waals surface area (Å²) in [6.45, 7) is 1.85. The maximum Gasteiger partial charge on any atom is 0.269 e. The molecule has 1 heterocycles. The van der Waals surface area contributed by atoms with Crippen LogP contribution in [0.4, 0.5) is 0 Å². The van der Waals surface area contributed by atoms with E-state index in [4.69, 9.17) is 11.6 Å². The van der Waals surface area contributed by atoms with Crippen LogP contribution in [-0.4, -0.2) is 19.3 Å². The number of amides is 1. The predicted molar refractivity (Wildman–Crippen MR) is 118 cm³/mol. The Morgan fingerprint density at radius 3 is 2.27 bits per heavy atom. The molecular weight excluding hydrogens is 420 g/mol. The van der Waals surface area contributed by atoms with E-state index in [1.165, 1.54) is 12.1 Å². The number of halogens is 1. The molecule has 0 bridgehead atoms. The fourth-order valence-corrected chi connectivity index (χ4v) is 5.18. The maximum atomic E-state index is 13.5. The zero-order chi connectivity index (χ0) is 21.3. The molecule has 0 radical (unpaired) electrons. The highest BCUT2D eigenvalue weighted by atomic mass is 35.5. The lowest BCUT2D eigenvalue weighted by molar-refractivity contribution is 0.0932. The molecule has 5 nitrogen and oxygen atoms in total. The van der Waals surface area contributed by atoms with Crippen LogP contribution in [0.25, 0.3) is 10.9 Å². The third kappa shape index (κ3) is 3.72. The molecular formula is C23H19ClN2O3S. The Kier molecular flexibility index (Phi) is 5.37. The van der Waals surface area contributed by atoms with Gasteiger partial charge in [0, 0.05) is 15.9 Å². The first-order valence-electron chi connectivity index (χ1n) is 9.35. The largest absolute Gasteiger partial charge is 0.349 e. The van der Waals surface area contributed by atoms with Crippen molar-refractivity contribution in [1.82, 2.24) is 10.3 Å². The van der Waals surface area contributed by atoms with Crippen molar-refractivity contribution in [1.29, 1.82) is 0 Å². The fourth-order valence-electron chi connectivity index (χ4n) is 3.39. The van der Waals surface area contributed by atoms with E-state index in [1.807, 2.05) is 37.3 Å². The zero-order valence-corrected chi connectivity index (χ0v) is 17.7. The molecule has 4 aromatic rings. The van der Waals surface area contributed by atoms with Crippen LogP contribution in [0.1, 0.15) is 29.0 Å². The first-order chi connectivity index (χ1) is 14.4. The molecule has 0 saturated carbocycles. The van der Waals surface area contributed by atoms with Crippen LogP contribution in [0.5, 0.6) is 0 Å². The molecule has 0 unspecified atom stereocenters. The van der Waals surface area contributed by atoms with Crippen molar-refractivity contribution < 1.29 is 13.2 Å². The highest BCUT2D eigenvalue weighted by Crippen LogP contribution is 2.33. The van der Waals surface area contributed by atoms with Gasteiger partial charge in [-0.25, -0.2) is 8.42 Å². The summed E-state index contributed by atoms with van der Waals surface area (Å²) in [4.78, 5) is 16.1. The number of H-pyrrole nitrogens is 1. The molecule has 0 spiro atoms. The lowest BCUT2D eigenvalue weighted by atomic mass is 10.1. The molecule has 4 rings (SSSR count). The smallest absolute Gasteiger partial charge is 0.269 e. The van der Waals surface area contributed by atoms with E-state index in [-0.39, 0.29) is 21.5 Å². The second-order valence-electron chi connectivity index (χ2n) is 6.94. The monoisotopic (exact) mass is 438 g/mol. The number of hydrogen-bond donors (Lipinski definition) is 2. The minimum atomic E-state index is -3.97. The van der Waals surface area contributed by atoms with Gasteiger partial charge in [0.2, 0.25) is 9.84 Å². The molecule has 1 aromatic heterocycles. The quantitative estimate of drug-likeness (QED) is 0.452. The van der Waals surface area contributed by atoms with Gasteiger partial charge in [0.15, 0.2) is 0 Å². The average molecular weight is 439 g/mol. The summed E-state index contributed by atoms with van der Waals surface area (Å²) in [6, 6.07) is 22.1. The van der Waals surface area contributed by atoms with E-state index >= 15 is 0 Å². The Labute approximate surface area is 179 Å². The zero-order valence-electron chi connectivity index (χ0n) is 16.1. The third-order valence-corrected chi connectivity index (χ3v) is 7.00. The number of aromatic nitrogens is 1.